The van der Waals surface area contributed by atoms with Crippen molar-refractivity contribution in [3.05, 3.63) is 53.8 Å². The molecule has 1 aliphatic heterocycles. The van der Waals surface area contributed by atoms with Gasteiger partial charge in [0.15, 0.2) is 0 Å². The number of methoxy groups -OCH3 is 1. The van der Waals surface area contributed by atoms with Crippen molar-refractivity contribution in [3.63, 3.8) is 0 Å². The summed E-state index contributed by atoms with van der Waals surface area (Å²) < 4.78 is 18.4. The molecule has 0 aliphatic carbocycles. The highest BCUT2D eigenvalue weighted by Crippen LogP contribution is 2.30. The summed E-state index contributed by atoms with van der Waals surface area (Å²) >= 11 is 0. The van der Waals surface area contributed by atoms with Crippen LogP contribution in [-0.4, -0.2) is 19.7 Å². The first-order valence-corrected chi connectivity index (χ1v) is 6.69. The Morgan fingerprint density at radius 1 is 1.29 bits per heavy atom. The minimum absolute atomic E-state index is 0.246. The lowest BCUT2D eigenvalue weighted by Crippen LogP contribution is -2.33. The summed E-state index contributed by atoms with van der Waals surface area (Å²) in [6, 6.07) is 11.5. The Bertz CT molecular complexity index is 688. The molecule has 0 radical (unpaired) electrons. The van der Waals surface area contributed by atoms with Crippen molar-refractivity contribution < 1.29 is 13.9 Å². The minimum atomic E-state index is -0.277. The van der Waals surface area contributed by atoms with Crippen LogP contribution in [0, 0.1) is 5.82 Å². The van der Waals surface area contributed by atoms with Gasteiger partial charge in [-0.15, -0.1) is 0 Å². The van der Waals surface area contributed by atoms with E-state index in [1.165, 1.54) is 12.1 Å². The van der Waals surface area contributed by atoms with Crippen molar-refractivity contribution in [2.75, 3.05) is 23.9 Å². The lowest BCUT2D eigenvalue weighted by Gasteiger charge is -2.19. The number of anilines is 2. The number of nitrogens with zero attached hydrogens (tertiary/aromatic N) is 1. The number of benzene rings is 2. The molecule has 0 spiro atoms. The van der Waals surface area contributed by atoms with Crippen LogP contribution in [0.5, 0.6) is 5.75 Å². The maximum atomic E-state index is 13.2. The van der Waals surface area contributed by atoms with E-state index in [-0.39, 0.29) is 11.8 Å². The van der Waals surface area contributed by atoms with Gasteiger partial charge in [0.1, 0.15) is 11.6 Å². The Morgan fingerprint density at radius 3 is 2.90 bits per heavy atom. The summed E-state index contributed by atoms with van der Waals surface area (Å²) in [5.74, 6) is 0.324. The van der Waals surface area contributed by atoms with E-state index < -0.39 is 0 Å². The van der Waals surface area contributed by atoms with Gasteiger partial charge in [-0.25, -0.2) is 9.18 Å². The van der Waals surface area contributed by atoms with E-state index in [4.69, 9.17) is 4.74 Å². The molecule has 1 aliphatic rings. The predicted molar refractivity (Wildman–Crippen MR) is 79.5 cm³/mol. The second kappa shape index (κ2) is 5.44. The topological polar surface area (TPSA) is 41.6 Å². The van der Waals surface area contributed by atoms with E-state index in [1.807, 2.05) is 12.1 Å². The summed E-state index contributed by atoms with van der Waals surface area (Å²) in [4.78, 5) is 14.0. The van der Waals surface area contributed by atoms with Gasteiger partial charge >= 0.3 is 6.03 Å². The molecule has 0 fully saturated rings. The molecule has 4 nitrogen and oxygen atoms in total. The first-order valence-electron chi connectivity index (χ1n) is 6.69. The molecule has 108 valence electrons. The van der Waals surface area contributed by atoms with Crippen LogP contribution in [0.15, 0.2) is 42.5 Å². The number of hydrogen-bond acceptors (Lipinski definition) is 2. The Kier molecular flexibility index (Phi) is 3.48. The van der Waals surface area contributed by atoms with Gasteiger partial charge in [-0.2, -0.15) is 0 Å². The number of fused-ring (bicyclic) bond motifs is 1. The van der Waals surface area contributed by atoms with E-state index in [0.29, 0.717) is 24.4 Å². The van der Waals surface area contributed by atoms with Crippen LogP contribution in [0.4, 0.5) is 20.6 Å². The largest absolute Gasteiger partial charge is 0.495 e. The van der Waals surface area contributed by atoms with Crippen molar-refractivity contribution in [2.24, 2.45) is 0 Å². The zero-order chi connectivity index (χ0) is 14.8. The van der Waals surface area contributed by atoms with E-state index in [0.717, 1.165) is 11.3 Å². The number of nitrogens with one attached hydrogen (secondary N) is 1. The van der Waals surface area contributed by atoms with E-state index in [9.17, 15) is 9.18 Å². The molecule has 0 saturated heterocycles. The van der Waals surface area contributed by atoms with Gasteiger partial charge in [0.05, 0.1) is 12.8 Å². The third-order valence-corrected chi connectivity index (χ3v) is 3.53. The average molecular weight is 286 g/mol. The van der Waals surface area contributed by atoms with Crippen molar-refractivity contribution >= 4 is 17.4 Å². The van der Waals surface area contributed by atoms with Crippen LogP contribution < -0.4 is 15.0 Å². The Balaban J connectivity index is 1.82. The lowest BCUT2D eigenvalue weighted by molar-refractivity contribution is 0.257. The SMILES string of the molecule is COc1ccccc1NC(=O)N1CCc2cc(F)ccc21. The molecule has 0 bridgehead atoms. The maximum absolute atomic E-state index is 13.2. The van der Waals surface area contributed by atoms with Gasteiger partial charge in [-0.1, -0.05) is 12.1 Å². The number of ether oxygens (including phenoxy) is 1. The average Bonchev–Trinajstić information content (AvgIpc) is 2.90. The van der Waals surface area contributed by atoms with E-state index in [2.05, 4.69) is 5.32 Å². The normalized spacial score (nSPS) is 13.0. The smallest absolute Gasteiger partial charge is 0.326 e. The van der Waals surface area contributed by atoms with Crippen molar-refractivity contribution in [3.8, 4) is 5.75 Å². The molecule has 0 aromatic heterocycles. The van der Waals surface area contributed by atoms with Crippen molar-refractivity contribution in [1.82, 2.24) is 0 Å². The molecule has 3 rings (SSSR count). The zero-order valence-electron chi connectivity index (χ0n) is 11.6. The van der Waals surface area contributed by atoms with Gasteiger partial charge in [-0.3, -0.25) is 4.90 Å². The first-order chi connectivity index (χ1) is 10.2. The third kappa shape index (κ3) is 2.54. The Hall–Kier alpha value is -2.56. The highest BCUT2D eigenvalue weighted by Gasteiger charge is 2.25. The number of urea groups is 1. The predicted octanol–water partition coefficient (Wildman–Crippen LogP) is 3.43. The van der Waals surface area contributed by atoms with Gasteiger partial charge < -0.3 is 10.1 Å². The molecule has 2 aromatic carbocycles. The molecular weight excluding hydrogens is 271 g/mol. The fraction of sp³-hybridized carbons (Fsp3) is 0.188. The molecule has 0 saturated carbocycles. The molecular formula is C16H15FN2O2. The Morgan fingerprint density at radius 2 is 2.10 bits per heavy atom. The molecule has 2 aromatic rings. The van der Waals surface area contributed by atoms with Crippen LogP contribution >= 0.6 is 0 Å². The Labute approximate surface area is 122 Å². The molecule has 1 N–H and O–H groups in total. The summed E-state index contributed by atoms with van der Waals surface area (Å²) in [5.41, 5.74) is 2.22. The second-order valence-corrected chi connectivity index (χ2v) is 4.81. The number of carbonyl (C=O) groups is 1. The molecule has 21 heavy (non-hydrogen) atoms. The van der Waals surface area contributed by atoms with E-state index >= 15 is 0 Å². The summed E-state index contributed by atoms with van der Waals surface area (Å²) in [6.07, 6.45) is 0.659. The van der Waals surface area contributed by atoms with Crippen LogP contribution in [-0.2, 0) is 6.42 Å². The number of halogens is 1. The number of carbonyl (C=O) groups excluding carboxylic acids is 1. The summed E-state index contributed by atoms with van der Waals surface area (Å²) in [6.45, 7) is 0.541. The molecule has 0 unspecified atom stereocenters. The molecule has 5 heteroatoms. The van der Waals surface area contributed by atoms with Gasteiger partial charge in [0, 0.05) is 12.2 Å². The number of hydrogen-bond donors (Lipinski definition) is 1. The fourth-order valence-corrected chi connectivity index (χ4v) is 2.51. The number of para-hydroxylation sites is 2. The summed E-state index contributed by atoms with van der Waals surface area (Å²) in [7, 11) is 1.55. The van der Waals surface area contributed by atoms with Crippen LogP contribution in [0.1, 0.15) is 5.56 Å². The molecule has 0 atom stereocenters. The summed E-state index contributed by atoms with van der Waals surface area (Å²) in [5, 5.41) is 2.83. The minimum Gasteiger partial charge on any atom is -0.495 e. The van der Waals surface area contributed by atoms with Gasteiger partial charge in [0.25, 0.3) is 0 Å². The van der Waals surface area contributed by atoms with Crippen molar-refractivity contribution in [1.29, 1.82) is 0 Å². The zero-order valence-corrected chi connectivity index (χ0v) is 11.6. The fourth-order valence-electron chi connectivity index (χ4n) is 2.51. The van der Waals surface area contributed by atoms with Crippen LogP contribution in [0.25, 0.3) is 0 Å². The molecule has 1 heterocycles. The van der Waals surface area contributed by atoms with Gasteiger partial charge in [-0.05, 0) is 42.3 Å². The van der Waals surface area contributed by atoms with Crippen LogP contribution in [0.2, 0.25) is 0 Å². The quantitative estimate of drug-likeness (QED) is 0.919. The number of amides is 2. The monoisotopic (exact) mass is 286 g/mol. The second-order valence-electron chi connectivity index (χ2n) is 4.81. The molecule has 2 amide bonds. The highest BCUT2D eigenvalue weighted by atomic mass is 19.1. The van der Waals surface area contributed by atoms with E-state index in [1.54, 1.807) is 30.2 Å². The third-order valence-electron chi connectivity index (χ3n) is 3.53. The standard InChI is InChI=1S/C16H15FN2O2/c1-21-15-5-3-2-4-13(15)18-16(20)19-9-8-11-10-12(17)6-7-14(11)19/h2-7,10H,8-9H2,1H3,(H,18,20). The first kappa shape index (κ1) is 13.4. The highest BCUT2D eigenvalue weighted by molar-refractivity contribution is 6.03. The number of rotatable bonds is 2. The maximum Gasteiger partial charge on any atom is 0.326 e. The van der Waals surface area contributed by atoms with Crippen LogP contribution in [0.3, 0.4) is 0 Å². The van der Waals surface area contributed by atoms with Crippen molar-refractivity contribution in [2.45, 2.75) is 6.42 Å². The van der Waals surface area contributed by atoms with Gasteiger partial charge in [0.2, 0.25) is 0 Å². The lowest BCUT2D eigenvalue weighted by atomic mass is 10.2.